The van der Waals surface area contributed by atoms with Crippen LogP contribution in [0.1, 0.15) is 10.4 Å². The lowest BCUT2D eigenvalue weighted by molar-refractivity contribution is 0.0950. The molecule has 0 saturated carbocycles. The third-order valence-electron chi connectivity index (χ3n) is 3.45. The number of rotatable bonds is 2. The highest BCUT2D eigenvalue weighted by Crippen LogP contribution is 2.23. The Morgan fingerprint density at radius 2 is 2.04 bits per heavy atom. The first-order valence-corrected chi connectivity index (χ1v) is 8.33. The Morgan fingerprint density at radius 1 is 1.29 bits per heavy atom. The number of carbonyl (C=O) groups excluding carboxylic acids is 1. The zero-order valence-corrected chi connectivity index (χ0v) is 15.5. The number of halogens is 2. The summed E-state index contributed by atoms with van der Waals surface area (Å²) in [6, 6.07) is 9.71. The molecule has 5 nitrogen and oxygen atoms in total. The molecule has 122 valence electrons. The molecule has 0 radical (unpaired) electrons. The minimum absolute atomic E-state index is 0.00171. The van der Waals surface area contributed by atoms with E-state index in [9.17, 15) is 9.59 Å². The number of fused-ring (bicyclic) bond motifs is 1. The summed E-state index contributed by atoms with van der Waals surface area (Å²) >= 11 is 14.5. The lowest BCUT2D eigenvalue weighted by Crippen LogP contribution is -2.29. The van der Waals surface area contributed by atoms with Crippen LogP contribution in [0.25, 0.3) is 10.9 Å². The molecule has 0 aliphatic carbocycles. The molecule has 0 unspecified atom stereocenters. The molecule has 0 saturated heterocycles. The molecule has 1 heterocycles. The van der Waals surface area contributed by atoms with Crippen molar-refractivity contribution in [1.82, 2.24) is 9.55 Å². The number of benzene rings is 2. The van der Waals surface area contributed by atoms with Gasteiger partial charge in [0.15, 0.2) is 4.77 Å². The van der Waals surface area contributed by atoms with Gasteiger partial charge in [0.2, 0.25) is 0 Å². The largest absolute Gasteiger partial charge is 0.496 e. The summed E-state index contributed by atoms with van der Waals surface area (Å²) in [6.45, 7) is 0. The van der Waals surface area contributed by atoms with Gasteiger partial charge in [0.05, 0.1) is 23.6 Å². The van der Waals surface area contributed by atoms with E-state index in [1.165, 1.54) is 13.2 Å². The second-order valence-electron chi connectivity index (χ2n) is 4.91. The van der Waals surface area contributed by atoms with E-state index in [4.69, 9.17) is 28.6 Å². The molecule has 3 rings (SSSR count). The molecule has 0 amide bonds. The van der Waals surface area contributed by atoms with Crippen LogP contribution in [-0.4, -0.2) is 22.6 Å². The Bertz CT molecular complexity index is 1090. The monoisotopic (exact) mass is 424 g/mol. The Balaban J connectivity index is 2.30. The number of ether oxygens (including phenoxy) is 1. The molecule has 3 aromatic rings. The lowest BCUT2D eigenvalue weighted by Gasteiger charge is -2.10. The molecular formula is C16H10BrClN2O3S. The zero-order valence-electron chi connectivity index (χ0n) is 12.3. The Kier molecular flexibility index (Phi) is 4.58. The summed E-state index contributed by atoms with van der Waals surface area (Å²) < 4.78 is 6.80. The van der Waals surface area contributed by atoms with E-state index in [-0.39, 0.29) is 10.3 Å². The quantitative estimate of drug-likeness (QED) is 0.626. The number of aromatic amines is 1. The van der Waals surface area contributed by atoms with Crippen molar-refractivity contribution in [3.63, 3.8) is 0 Å². The minimum atomic E-state index is -0.609. The van der Waals surface area contributed by atoms with E-state index in [1.807, 2.05) is 0 Å². The standard InChI is InChI=1S/C16H10BrClN2O3S/c1-23-13-5-3-9(18)7-11(13)15(22)20-14(21)10-6-8(17)2-4-12(10)19-16(20)24/h2-7H,1H3,(H,19,24). The summed E-state index contributed by atoms with van der Waals surface area (Å²) in [5, 5.41) is 0.693. The molecule has 0 bridgehead atoms. The van der Waals surface area contributed by atoms with Gasteiger partial charge in [-0.25, -0.2) is 4.57 Å². The van der Waals surface area contributed by atoms with E-state index < -0.39 is 11.5 Å². The summed E-state index contributed by atoms with van der Waals surface area (Å²) in [5.41, 5.74) is 0.193. The lowest BCUT2D eigenvalue weighted by atomic mass is 10.2. The molecule has 1 N–H and O–H groups in total. The van der Waals surface area contributed by atoms with Crippen LogP contribution in [0.5, 0.6) is 5.75 Å². The van der Waals surface area contributed by atoms with Crippen molar-refractivity contribution >= 4 is 56.6 Å². The van der Waals surface area contributed by atoms with Crippen molar-refractivity contribution in [2.45, 2.75) is 0 Å². The van der Waals surface area contributed by atoms with Crippen molar-refractivity contribution in [2.75, 3.05) is 7.11 Å². The maximum atomic E-state index is 12.9. The van der Waals surface area contributed by atoms with Crippen LogP contribution in [0.3, 0.4) is 0 Å². The van der Waals surface area contributed by atoms with Gasteiger partial charge >= 0.3 is 0 Å². The Labute approximate surface area is 155 Å². The average Bonchev–Trinajstić information content (AvgIpc) is 2.55. The van der Waals surface area contributed by atoms with Crippen molar-refractivity contribution in [2.24, 2.45) is 0 Å². The molecule has 0 atom stereocenters. The first kappa shape index (κ1) is 16.9. The van der Waals surface area contributed by atoms with Gasteiger partial charge in [0.25, 0.3) is 11.5 Å². The number of nitrogens with zero attached hydrogens (tertiary/aromatic N) is 1. The predicted molar refractivity (Wildman–Crippen MR) is 98.8 cm³/mol. The van der Waals surface area contributed by atoms with Crippen molar-refractivity contribution in [3.8, 4) is 5.75 Å². The third kappa shape index (κ3) is 2.90. The first-order chi connectivity index (χ1) is 11.4. The molecule has 24 heavy (non-hydrogen) atoms. The number of aromatic nitrogens is 2. The molecule has 0 spiro atoms. The average molecular weight is 426 g/mol. The molecule has 1 aromatic heterocycles. The molecular weight excluding hydrogens is 416 g/mol. The minimum Gasteiger partial charge on any atom is -0.496 e. The van der Waals surface area contributed by atoms with Crippen LogP contribution >= 0.6 is 39.7 Å². The summed E-state index contributed by atoms with van der Waals surface area (Å²) in [4.78, 5) is 28.5. The van der Waals surface area contributed by atoms with Crippen LogP contribution < -0.4 is 10.3 Å². The van der Waals surface area contributed by atoms with Gasteiger partial charge in [0, 0.05) is 9.50 Å². The fourth-order valence-electron chi connectivity index (χ4n) is 2.34. The fourth-order valence-corrected chi connectivity index (χ4v) is 3.15. The van der Waals surface area contributed by atoms with Gasteiger partial charge in [0.1, 0.15) is 5.75 Å². The number of carbonyl (C=O) groups is 1. The van der Waals surface area contributed by atoms with Gasteiger partial charge in [-0.1, -0.05) is 27.5 Å². The van der Waals surface area contributed by atoms with E-state index in [0.717, 1.165) is 9.04 Å². The summed E-state index contributed by atoms with van der Waals surface area (Å²) in [5.74, 6) is -0.303. The molecule has 8 heteroatoms. The number of H-pyrrole nitrogens is 1. The highest BCUT2D eigenvalue weighted by molar-refractivity contribution is 9.10. The van der Waals surface area contributed by atoms with Crippen molar-refractivity contribution in [3.05, 3.63) is 66.6 Å². The molecule has 0 fully saturated rings. The van der Waals surface area contributed by atoms with Crippen LogP contribution in [0.2, 0.25) is 5.02 Å². The van der Waals surface area contributed by atoms with Crippen molar-refractivity contribution in [1.29, 1.82) is 0 Å². The zero-order chi connectivity index (χ0) is 17.4. The second-order valence-corrected chi connectivity index (χ2v) is 6.65. The van der Waals surface area contributed by atoms with Gasteiger partial charge in [-0.05, 0) is 48.6 Å². The molecule has 0 aliphatic rings. The SMILES string of the molecule is COc1ccc(Cl)cc1C(=O)n1c(=S)[nH]c2ccc(Br)cc2c1=O. The Morgan fingerprint density at radius 3 is 2.75 bits per heavy atom. The number of hydrogen-bond acceptors (Lipinski definition) is 4. The maximum Gasteiger partial charge on any atom is 0.270 e. The third-order valence-corrected chi connectivity index (χ3v) is 4.47. The van der Waals surface area contributed by atoms with E-state index >= 15 is 0 Å². The van der Waals surface area contributed by atoms with Gasteiger partial charge in [-0.3, -0.25) is 9.59 Å². The number of methoxy groups -OCH3 is 1. The van der Waals surface area contributed by atoms with Crippen LogP contribution in [-0.2, 0) is 0 Å². The van der Waals surface area contributed by atoms with Crippen LogP contribution in [0.4, 0.5) is 0 Å². The van der Waals surface area contributed by atoms with Gasteiger partial charge in [-0.15, -0.1) is 0 Å². The smallest absolute Gasteiger partial charge is 0.270 e. The maximum absolute atomic E-state index is 12.9. The van der Waals surface area contributed by atoms with Crippen LogP contribution in [0, 0.1) is 4.77 Å². The van der Waals surface area contributed by atoms with Crippen molar-refractivity contribution < 1.29 is 9.53 Å². The Hall–Kier alpha value is -1.96. The predicted octanol–water partition coefficient (Wildman–Crippen LogP) is 4.17. The fraction of sp³-hybridized carbons (Fsp3) is 0.0625. The normalized spacial score (nSPS) is 10.8. The number of hydrogen-bond donors (Lipinski definition) is 1. The van der Waals surface area contributed by atoms with E-state index in [2.05, 4.69) is 20.9 Å². The van der Waals surface area contributed by atoms with E-state index in [1.54, 1.807) is 30.3 Å². The molecule has 0 aliphatic heterocycles. The van der Waals surface area contributed by atoms with E-state index in [0.29, 0.717) is 21.7 Å². The van der Waals surface area contributed by atoms with Gasteiger partial charge in [-0.2, -0.15) is 0 Å². The first-order valence-electron chi connectivity index (χ1n) is 6.75. The highest BCUT2D eigenvalue weighted by atomic mass is 79.9. The van der Waals surface area contributed by atoms with Gasteiger partial charge < -0.3 is 9.72 Å². The summed E-state index contributed by atoms with van der Waals surface area (Å²) in [6.07, 6.45) is 0. The number of nitrogens with one attached hydrogen (secondary N) is 1. The second kappa shape index (κ2) is 6.51. The topological polar surface area (TPSA) is 64.1 Å². The van der Waals surface area contributed by atoms with Crippen LogP contribution in [0.15, 0.2) is 45.7 Å². The molecule has 2 aromatic carbocycles. The highest BCUT2D eigenvalue weighted by Gasteiger charge is 2.19. The summed E-state index contributed by atoms with van der Waals surface area (Å²) in [7, 11) is 1.43.